The van der Waals surface area contributed by atoms with E-state index < -0.39 is 12.0 Å². The van der Waals surface area contributed by atoms with Gasteiger partial charge in [-0.05, 0) is 30.3 Å². The number of carbonyl (C=O) groups is 2. The Morgan fingerprint density at radius 2 is 1.95 bits per heavy atom. The van der Waals surface area contributed by atoms with E-state index in [2.05, 4.69) is 16.2 Å². The molecule has 0 spiro atoms. The van der Waals surface area contributed by atoms with E-state index in [0.717, 1.165) is 0 Å². The summed E-state index contributed by atoms with van der Waals surface area (Å²) in [6.45, 7) is 4.08. The summed E-state index contributed by atoms with van der Waals surface area (Å²) in [5, 5.41) is 2.73. The van der Waals surface area contributed by atoms with Crippen LogP contribution in [0.2, 0.25) is 0 Å². The van der Waals surface area contributed by atoms with Gasteiger partial charge in [0.2, 0.25) is 0 Å². The number of anilines is 1. The number of hydrogen-bond donors (Lipinski definition) is 4. The molecule has 0 fully saturated rings. The molecule has 0 heterocycles. The average Bonchev–Trinajstić information content (AvgIpc) is 2.42. The van der Waals surface area contributed by atoms with Gasteiger partial charge in [-0.25, -0.2) is 10.2 Å². The molecule has 0 aromatic heterocycles. The molecule has 8 heteroatoms. The Bertz CT molecular complexity index is 534. The van der Waals surface area contributed by atoms with Gasteiger partial charge < -0.3 is 15.8 Å². The summed E-state index contributed by atoms with van der Waals surface area (Å²) in [5.74, 6) is -0.308. The summed E-state index contributed by atoms with van der Waals surface area (Å²) in [5.41, 5.74) is 10.5. The van der Waals surface area contributed by atoms with Crippen molar-refractivity contribution in [2.45, 2.75) is 13.8 Å². The Kier molecular flexibility index (Phi) is 6.41. The molecule has 0 unspecified atom stereocenters. The van der Waals surface area contributed by atoms with E-state index in [1.54, 1.807) is 24.3 Å². The van der Waals surface area contributed by atoms with Crippen LogP contribution in [-0.4, -0.2) is 23.7 Å². The highest BCUT2D eigenvalue weighted by molar-refractivity contribution is 7.80. The lowest BCUT2D eigenvalue weighted by Gasteiger charge is -2.12. The van der Waals surface area contributed by atoms with Crippen LogP contribution in [0.3, 0.4) is 0 Å². The fourth-order valence-electron chi connectivity index (χ4n) is 1.38. The van der Waals surface area contributed by atoms with Crippen LogP contribution in [0.4, 0.5) is 10.5 Å². The van der Waals surface area contributed by atoms with Gasteiger partial charge in [-0.2, -0.15) is 0 Å². The van der Waals surface area contributed by atoms with E-state index >= 15 is 0 Å². The number of para-hydroxylation sites is 1. The minimum Gasteiger partial charge on any atom is -0.448 e. The second-order valence-electron chi connectivity index (χ2n) is 4.61. The van der Waals surface area contributed by atoms with Crippen molar-refractivity contribution < 1.29 is 14.3 Å². The molecule has 1 aromatic rings. The topological polar surface area (TPSA) is 105 Å². The molecule has 5 N–H and O–H groups in total. The number of thiocarbonyl (C=S) groups is 1. The van der Waals surface area contributed by atoms with Crippen molar-refractivity contribution in [3.8, 4) is 0 Å². The molecule has 0 saturated heterocycles. The number of hydrazine groups is 1. The lowest BCUT2D eigenvalue weighted by atomic mass is 10.1. The SMILES string of the molecule is CC(C)COC(=O)NNC(=O)c1ccccc1NC(N)=S. The number of nitrogens with two attached hydrogens (primary N) is 1. The minimum absolute atomic E-state index is 0.0413. The fourth-order valence-corrected chi connectivity index (χ4v) is 1.49. The Hall–Kier alpha value is -2.35. The van der Waals surface area contributed by atoms with Crippen LogP contribution in [-0.2, 0) is 4.74 Å². The first kappa shape index (κ1) is 16.7. The predicted octanol–water partition coefficient (Wildman–Crippen LogP) is 1.37. The van der Waals surface area contributed by atoms with Gasteiger partial charge in [0.15, 0.2) is 5.11 Å². The second-order valence-corrected chi connectivity index (χ2v) is 5.05. The van der Waals surface area contributed by atoms with Crippen LogP contribution in [0.1, 0.15) is 24.2 Å². The van der Waals surface area contributed by atoms with Gasteiger partial charge >= 0.3 is 6.09 Å². The number of nitrogens with one attached hydrogen (secondary N) is 3. The molecule has 0 aliphatic rings. The van der Waals surface area contributed by atoms with Gasteiger partial charge in [-0.15, -0.1) is 0 Å². The maximum Gasteiger partial charge on any atom is 0.426 e. The highest BCUT2D eigenvalue weighted by Gasteiger charge is 2.12. The number of amides is 2. The Labute approximate surface area is 128 Å². The average molecular weight is 310 g/mol. The van der Waals surface area contributed by atoms with Gasteiger partial charge in [-0.1, -0.05) is 26.0 Å². The van der Waals surface area contributed by atoms with E-state index in [9.17, 15) is 9.59 Å². The molecule has 1 aromatic carbocycles. The molecule has 1 rings (SSSR count). The normalized spacial score (nSPS) is 9.86. The molecule has 0 bridgehead atoms. The van der Waals surface area contributed by atoms with E-state index in [1.165, 1.54) is 0 Å². The van der Waals surface area contributed by atoms with Gasteiger partial charge in [0.05, 0.1) is 17.9 Å². The highest BCUT2D eigenvalue weighted by atomic mass is 32.1. The smallest absolute Gasteiger partial charge is 0.426 e. The number of carbonyl (C=O) groups excluding carboxylic acids is 2. The van der Waals surface area contributed by atoms with Crippen molar-refractivity contribution in [1.29, 1.82) is 0 Å². The Morgan fingerprint density at radius 3 is 2.57 bits per heavy atom. The zero-order chi connectivity index (χ0) is 15.8. The summed E-state index contributed by atoms with van der Waals surface area (Å²) in [6, 6.07) is 6.61. The monoisotopic (exact) mass is 310 g/mol. The van der Waals surface area contributed by atoms with E-state index in [4.69, 9.17) is 22.7 Å². The molecular weight excluding hydrogens is 292 g/mol. The van der Waals surface area contributed by atoms with Crippen molar-refractivity contribution in [2.75, 3.05) is 11.9 Å². The third kappa shape index (κ3) is 6.09. The molecule has 114 valence electrons. The molecule has 0 aliphatic heterocycles. The standard InChI is InChI=1S/C13H18N4O3S/c1-8(2)7-20-13(19)17-16-11(18)9-5-3-4-6-10(9)15-12(14)21/h3-6,8H,7H2,1-2H3,(H,16,18)(H,17,19)(H3,14,15,21). The number of ether oxygens (including phenoxy) is 1. The van der Waals surface area contributed by atoms with Crippen molar-refractivity contribution >= 4 is 35.0 Å². The largest absolute Gasteiger partial charge is 0.448 e. The maximum atomic E-state index is 12.0. The van der Waals surface area contributed by atoms with Crippen LogP contribution < -0.4 is 21.9 Å². The molecule has 0 radical (unpaired) electrons. The summed E-state index contributed by atoms with van der Waals surface area (Å²) in [6.07, 6.45) is -0.725. The summed E-state index contributed by atoms with van der Waals surface area (Å²) in [4.78, 5) is 23.3. The molecule has 2 amide bonds. The van der Waals surface area contributed by atoms with Crippen molar-refractivity contribution in [2.24, 2.45) is 11.7 Å². The highest BCUT2D eigenvalue weighted by Crippen LogP contribution is 2.14. The minimum atomic E-state index is -0.725. The molecule has 0 saturated carbocycles. The van der Waals surface area contributed by atoms with E-state index in [0.29, 0.717) is 5.69 Å². The third-order valence-electron chi connectivity index (χ3n) is 2.26. The maximum absolute atomic E-state index is 12.0. The number of benzene rings is 1. The van der Waals surface area contributed by atoms with E-state index in [-0.39, 0.29) is 23.2 Å². The third-order valence-corrected chi connectivity index (χ3v) is 2.36. The van der Waals surface area contributed by atoms with Crippen molar-refractivity contribution in [3.05, 3.63) is 29.8 Å². The quantitative estimate of drug-likeness (QED) is 0.494. The lowest BCUT2D eigenvalue weighted by Crippen LogP contribution is -2.42. The van der Waals surface area contributed by atoms with Gasteiger partial charge in [0.25, 0.3) is 5.91 Å². The van der Waals surface area contributed by atoms with Crippen LogP contribution in [0.5, 0.6) is 0 Å². The first-order chi connectivity index (χ1) is 9.90. The lowest BCUT2D eigenvalue weighted by molar-refractivity contribution is 0.0902. The van der Waals surface area contributed by atoms with Gasteiger partial charge in [0, 0.05) is 0 Å². The van der Waals surface area contributed by atoms with Gasteiger partial charge in [0.1, 0.15) is 0 Å². The van der Waals surface area contributed by atoms with Crippen molar-refractivity contribution in [1.82, 2.24) is 10.9 Å². The summed E-state index contributed by atoms with van der Waals surface area (Å²) < 4.78 is 4.86. The second kappa shape index (κ2) is 8.05. The number of rotatable bonds is 4. The zero-order valence-electron chi connectivity index (χ0n) is 11.8. The Balaban J connectivity index is 2.60. The predicted molar refractivity (Wildman–Crippen MR) is 83.6 cm³/mol. The van der Waals surface area contributed by atoms with Crippen LogP contribution in [0.15, 0.2) is 24.3 Å². The molecular formula is C13H18N4O3S. The first-order valence-corrected chi connectivity index (χ1v) is 6.69. The van der Waals surface area contributed by atoms with Crippen LogP contribution >= 0.6 is 12.2 Å². The zero-order valence-corrected chi connectivity index (χ0v) is 12.6. The van der Waals surface area contributed by atoms with Crippen LogP contribution in [0, 0.1) is 5.92 Å². The van der Waals surface area contributed by atoms with Gasteiger partial charge in [-0.3, -0.25) is 10.2 Å². The molecule has 21 heavy (non-hydrogen) atoms. The Morgan fingerprint density at radius 1 is 1.29 bits per heavy atom. The van der Waals surface area contributed by atoms with Crippen LogP contribution in [0.25, 0.3) is 0 Å². The molecule has 0 aliphatic carbocycles. The summed E-state index contributed by atoms with van der Waals surface area (Å²) in [7, 11) is 0. The first-order valence-electron chi connectivity index (χ1n) is 6.28. The molecule has 0 atom stereocenters. The number of hydrogen-bond acceptors (Lipinski definition) is 4. The fraction of sp³-hybridized carbons (Fsp3) is 0.308. The van der Waals surface area contributed by atoms with Crippen molar-refractivity contribution in [3.63, 3.8) is 0 Å². The molecule has 7 nitrogen and oxygen atoms in total. The summed E-state index contributed by atoms with van der Waals surface area (Å²) >= 11 is 4.73. The van der Waals surface area contributed by atoms with E-state index in [1.807, 2.05) is 13.8 Å².